The molecular weight excluding hydrogens is 316 g/mol. The highest BCUT2D eigenvalue weighted by atomic mass is 32.1. The van der Waals surface area contributed by atoms with E-state index in [2.05, 4.69) is 4.98 Å². The van der Waals surface area contributed by atoms with E-state index in [4.69, 9.17) is 4.74 Å². The maximum Gasteiger partial charge on any atom is 0.326 e. The molecule has 2 aromatic rings. The van der Waals surface area contributed by atoms with Crippen molar-refractivity contribution in [1.82, 2.24) is 9.88 Å². The Labute approximate surface area is 137 Å². The molecule has 1 fully saturated rings. The minimum atomic E-state index is -0.948. The van der Waals surface area contributed by atoms with Crippen molar-refractivity contribution in [3.63, 3.8) is 0 Å². The zero-order chi connectivity index (χ0) is 16.4. The number of hydrogen-bond donors (Lipinski definition) is 1. The standard InChI is InChI=1S/C16H16N2O4S/c1-22-11-6-4-10(5-7-11)14-17-9-13(23-14)15(19)18-8-2-3-12(18)16(20)21/h4-7,9,12H,2-3,8H2,1H3,(H,20,21)/t12-/m0/s1. The molecule has 7 heteroatoms. The molecule has 1 N–H and O–H groups in total. The number of aromatic nitrogens is 1. The van der Waals surface area contributed by atoms with Crippen LogP contribution >= 0.6 is 11.3 Å². The lowest BCUT2D eigenvalue weighted by Crippen LogP contribution is -2.40. The van der Waals surface area contributed by atoms with E-state index >= 15 is 0 Å². The van der Waals surface area contributed by atoms with E-state index < -0.39 is 12.0 Å². The Morgan fingerprint density at radius 3 is 2.74 bits per heavy atom. The van der Waals surface area contributed by atoms with E-state index in [1.165, 1.54) is 22.4 Å². The van der Waals surface area contributed by atoms with Gasteiger partial charge in [-0.15, -0.1) is 11.3 Å². The van der Waals surface area contributed by atoms with Crippen molar-refractivity contribution in [2.75, 3.05) is 13.7 Å². The summed E-state index contributed by atoms with van der Waals surface area (Å²) >= 11 is 1.27. The maximum absolute atomic E-state index is 12.5. The van der Waals surface area contributed by atoms with Crippen molar-refractivity contribution in [3.05, 3.63) is 35.3 Å². The number of ether oxygens (including phenoxy) is 1. The fraction of sp³-hybridized carbons (Fsp3) is 0.312. The highest BCUT2D eigenvalue weighted by Crippen LogP contribution is 2.29. The van der Waals surface area contributed by atoms with E-state index in [1.54, 1.807) is 7.11 Å². The summed E-state index contributed by atoms with van der Waals surface area (Å²) in [5.41, 5.74) is 0.894. The average Bonchev–Trinajstić information content (AvgIpc) is 3.23. The van der Waals surface area contributed by atoms with Crippen LogP contribution in [0.3, 0.4) is 0 Å². The third-order valence-corrected chi connectivity index (χ3v) is 4.89. The van der Waals surface area contributed by atoms with Crippen molar-refractivity contribution < 1.29 is 19.4 Å². The van der Waals surface area contributed by atoms with Gasteiger partial charge < -0.3 is 14.7 Å². The molecule has 0 aliphatic carbocycles. The first-order valence-corrected chi connectivity index (χ1v) is 8.06. The number of likely N-dealkylation sites (tertiary alicyclic amines) is 1. The molecule has 23 heavy (non-hydrogen) atoms. The number of nitrogens with zero attached hydrogens (tertiary/aromatic N) is 2. The van der Waals surface area contributed by atoms with E-state index in [-0.39, 0.29) is 5.91 Å². The Kier molecular flexibility index (Phi) is 4.29. The van der Waals surface area contributed by atoms with Gasteiger partial charge in [-0.25, -0.2) is 9.78 Å². The first-order valence-electron chi connectivity index (χ1n) is 7.24. The predicted molar refractivity (Wildman–Crippen MR) is 85.8 cm³/mol. The molecule has 1 saturated heterocycles. The first-order chi connectivity index (χ1) is 11.1. The molecule has 3 rings (SSSR count). The third-order valence-electron chi connectivity index (χ3n) is 3.85. The van der Waals surface area contributed by atoms with Crippen molar-refractivity contribution in [1.29, 1.82) is 0 Å². The predicted octanol–water partition coefficient (Wildman–Crippen LogP) is 2.51. The van der Waals surface area contributed by atoms with Crippen LogP contribution in [0.4, 0.5) is 0 Å². The Bertz CT molecular complexity index is 726. The van der Waals surface area contributed by atoms with Gasteiger partial charge in [-0.05, 0) is 37.1 Å². The number of aliphatic carboxylic acids is 1. The summed E-state index contributed by atoms with van der Waals surface area (Å²) in [5, 5.41) is 9.92. The normalized spacial score (nSPS) is 17.3. The van der Waals surface area contributed by atoms with Crippen LogP contribution < -0.4 is 4.74 Å². The molecule has 1 atom stereocenters. The number of hydrogen-bond acceptors (Lipinski definition) is 5. The number of carbonyl (C=O) groups is 2. The van der Waals surface area contributed by atoms with Crippen LogP contribution in [0.25, 0.3) is 10.6 Å². The van der Waals surface area contributed by atoms with E-state index in [0.717, 1.165) is 16.3 Å². The summed E-state index contributed by atoms with van der Waals surface area (Å²) in [4.78, 5) is 29.9. The minimum Gasteiger partial charge on any atom is -0.497 e. The second-order valence-corrected chi connectivity index (χ2v) is 6.28. The fourth-order valence-electron chi connectivity index (χ4n) is 2.65. The summed E-state index contributed by atoms with van der Waals surface area (Å²) in [6.45, 7) is 0.478. The molecule has 0 spiro atoms. The van der Waals surface area contributed by atoms with Crippen LogP contribution in [0.5, 0.6) is 5.75 Å². The fourth-order valence-corrected chi connectivity index (χ4v) is 3.53. The summed E-state index contributed by atoms with van der Waals surface area (Å²) in [5.74, 6) is -0.453. The lowest BCUT2D eigenvalue weighted by atomic mass is 10.2. The highest BCUT2D eigenvalue weighted by Gasteiger charge is 2.35. The number of carboxylic acids is 1. The van der Waals surface area contributed by atoms with E-state index in [1.807, 2.05) is 24.3 Å². The zero-order valence-corrected chi connectivity index (χ0v) is 13.4. The quantitative estimate of drug-likeness (QED) is 0.930. The summed E-state index contributed by atoms with van der Waals surface area (Å²) in [6.07, 6.45) is 2.74. The molecule has 0 unspecified atom stereocenters. The molecular formula is C16H16N2O4S. The van der Waals surface area contributed by atoms with Crippen molar-refractivity contribution in [2.45, 2.75) is 18.9 Å². The van der Waals surface area contributed by atoms with Crippen LogP contribution in [0.1, 0.15) is 22.5 Å². The van der Waals surface area contributed by atoms with Gasteiger partial charge >= 0.3 is 5.97 Å². The summed E-state index contributed by atoms with van der Waals surface area (Å²) in [6, 6.07) is 6.69. The third kappa shape index (κ3) is 3.05. The molecule has 1 aromatic carbocycles. The topological polar surface area (TPSA) is 79.7 Å². The van der Waals surface area contributed by atoms with Crippen molar-refractivity contribution in [2.24, 2.45) is 0 Å². The Morgan fingerprint density at radius 2 is 2.09 bits per heavy atom. The molecule has 1 aliphatic heterocycles. The van der Waals surface area contributed by atoms with Crippen LogP contribution in [0, 0.1) is 0 Å². The van der Waals surface area contributed by atoms with Gasteiger partial charge in [0, 0.05) is 12.1 Å². The average molecular weight is 332 g/mol. The van der Waals surface area contributed by atoms with Gasteiger partial charge in [-0.2, -0.15) is 0 Å². The van der Waals surface area contributed by atoms with Gasteiger partial charge in [0.1, 0.15) is 21.7 Å². The molecule has 2 heterocycles. The van der Waals surface area contributed by atoms with Gasteiger partial charge in [0.15, 0.2) is 0 Å². The maximum atomic E-state index is 12.5. The number of thiazole rings is 1. The van der Waals surface area contributed by atoms with Crippen molar-refractivity contribution >= 4 is 23.2 Å². The molecule has 0 radical (unpaired) electrons. The summed E-state index contributed by atoms with van der Waals surface area (Å²) in [7, 11) is 1.60. The smallest absolute Gasteiger partial charge is 0.326 e. The van der Waals surface area contributed by atoms with E-state index in [9.17, 15) is 14.7 Å². The van der Waals surface area contributed by atoms with Crippen LogP contribution in [-0.2, 0) is 4.79 Å². The SMILES string of the molecule is COc1ccc(-c2ncc(C(=O)N3CCC[C@H]3C(=O)O)s2)cc1. The number of rotatable bonds is 4. The molecule has 120 valence electrons. The van der Waals surface area contributed by atoms with Gasteiger partial charge in [-0.1, -0.05) is 0 Å². The second-order valence-electron chi connectivity index (χ2n) is 5.25. The number of carbonyl (C=O) groups excluding carboxylic acids is 1. The second kappa shape index (κ2) is 6.37. The number of benzene rings is 1. The van der Waals surface area contributed by atoms with E-state index in [0.29, 0.717) is 24.3 Å². The van der Waals surface area contributed by atoms with Gasteiger partial charge in [-0.3, -0.25) is 4.79 Å². The van der Waals surface area contributed by atoms with Crippen LogP contribution in [0.2, 0.25) is 0 Å². The molecule has 1 aromatic heterocycles. The lowest BCUT2D eigenvalue weighted by molar-refractivity contribution is -0.141. The van der Waals surface area contributed by atoms with Gasteiger partial charge in [0.05, 0.1) is 13.3 Å². The van der Waals surface area contributed by atoms with Gasteiger partial charge in [0.25, 0.3) is 5.91 Å². The highest BCUT2D eigenvalue weighted by molar-refractivity contribution is 7.16. The largest absolute Gasteiger partial charge is 0.497 e. The van der Waals surface area contributed by atoms with Crippen molar-refractivity contribution in [3.8, 4) is 16.3 Å². The molecule has 1 amide bonds. The number of carboxylic acid groups (broad SMARTS) is 1. The monoisotopic (exact) mass is 332 g/mol. The Hall–Kier alpha value is -2.41. The summed E-state index contributed by atoms with van der Waals surface area (Å²) < 4.78 is 5.12. The number of methoxy groups -OCH3 is 1. The lowest BCUT2D eigenvalue weighted by Gasteiger charge is -2.20. The molecule has 6 nitrogen and oxygen atoms in total. The first kappa shape index (κ1) is 15.5. The van der Waals surface area contributed by atoms with Crippen LogP contribution in [0.15, 0.2) is 30.5 Å². The molecule has 0 saturated carbocycles. The Balaban J connectivity index is 1.80. The Morgan fingerprint density at radius 1 is 1.35 bits per heavy atom. The minimum absolute atomic E-state index is 0.257. The zero-order valence-electron chi connectivity index (χ0n) is 12.6. The van der Waals surface area contributed by atoms with Gasteiger partial charge in [0.2, 0.25) is 0 Å². The number of amides is 1. The van der Waals surface area contributed by atoms with Crippen LogP contribution in [-0.4, -0.2) is 46.6 Å². The molecule has 0 bridgehead atoms. The molecule has 1 aliphatic rings.